The van der Waals surface area contributed by atoms with Crippen molar-refractivity contribution in [1.29, 1.82) is 0 Å². The lowest BCUT2D eigenvalue weighted by Crippen LogP contribution is -2.57. The number of hydrogen-bond acceptors (Lipinski definition) is 4. The van der Waals surface area contributed by atoms with E-state index >= 15 is 0 Å². The largest absolute Gasteiger partial charge is 0.460 e. The smallest absolute Gasteiger partial charge is 0.323 e. The molecule has 2 aliphatic rings. The molecule has 2 fully saturated rings. The van der Waals surface area contributed by atoms with Gasteiger partial charge in [-0.25, -0.2) is 0 Å². The molecule has 122 valence electrons. The minimum absolute atomic E-state index is 0.174. The van der Waals surface area contributed by atoms with Gasteiger partial charge in [0.1, 0.15) is 12.1 Å². The molecular weight excluding hydrogens is 360 g/mol. The first-order valence-electron chi connectivity index (χ1n) is 7.82. The van der Waals surface area contributed by atoms with Gasteiger partial charge in [0.15, 0.2) is 0 Å². The number of carbonyl (C=O) groups is 1. The fourth-order valence-corrected chi connectivity index (χ4v) is 4.12. The van der Waals surface area contributed by atoms with Crippen LogP contribution in [0.15, 0.2) is 33.9 Å². The van der Waals surface area contributed by atoms with Gasteiger partial charge in [0.05, 0.1) is 6.54 Å². The quantitative estimate of drug-likeness (QED) is 0.347. The fourth-order valence-electron chi connectivity index (χ4n) is 3.71. The zero-order valence-electron chi connectivity index (χ0n) is 12.9. The van der Waals surface area contributed by atoms with Gasteiger partial charge < -0.3 is 4.74 Å². The topological polar surface area (TPSA) is 78.3 Å². The Morgan fingerprint density at radius 3 is 3.04 bits per heavy atom. The van der Waals surface area contributed by atoms with Crippen LogP contribution in [0.5, 0.6) is 0 Å². The van der Waals surface area contributed by atoms with Crippen molar-refractivity contribution >= 4 is 21.9 Å². The molecule has 6 nitrogen and oxygen atoms in total. The van der Waals surface area contributed by atoms with Crippen LogP contribution in [0.2, 0.25) is 0 Å². The summed E-state index contributed by atoms with van der Waals surface area (Å²) in [5, 5.41) is 3.57. The van der Waals surface area contributed by atoms with Gasteiger partial charge in [0.25, 0.3) is 0 Å². The van der Waals surface area contributed by atoms with Crippen molar-refractivity contribution in [2.24, 2.45) is 11.0 Å². The summed E-state index contributed by atoms with van der Waals surface area (Å²) in [7, 11) is 0. The Hall–Kier alpha value is -1.56. The van der Waals surface area contributed by atoms with Gasteiger partial charge in [0.2, 0.25) is 0 Å². The second-order valence-electron chi connectivity index (χ2n) is 6.24. The van der Waals surface area contributed by atoms with Crippen molar-refractivity contribution in [1.82, 2.24) is 4.90 Å². The van der Waals surface area contributed by atoms with Crippen molar-refractivity contribution in [3.8, 4) is 0 Å². The van der Waals surface area contributed by atoms with Crippen LogP contribution < -0.4 is 0 Å². The molecule has 3 rings (SSSR count). The van der Waals surface area contributed by atoms with E-state index in [-0.39, 0.29) is 30.7 Å². The number of ether oxygens (including phenoxy) is 1. The predicted octanol–water partition coefficient (Wildman–Crippen LogP) is 3.83. The number of rotatable bonds is 3. The highest BCUT2D eigenvalue weighted by Gasteiger charge is 2.44. The molecule has 0 radical (unpaired) electrons. The van der Waals surface area contributed by atoms with Gasteiger partial charge in [0, 0.05) is 22.0 Å². The minimum Gasteiger partial charge on any atom is -0.460 e. The molecule has 2 saturated heterocycles. The third-order valence-corrected chi connectivity index (χ3v) is 5.19. The number of piperidine rings is 1. The first kappa shape index (κ1) is 16.3. The van der Waals surface area contributed by atoms with Gasteiger partial charge in [-0.15, -0.1) is 0 Å². The molecule has 0 bridgehead atoms. The normalized spacial score (nSPS) is 31.0. The van der Waals surface area contributed by atoms with E-state index in [4.69, 9.17) is 10.3 Å². The maximum Gasteiger partial charge on any atom is 0.323 e. The molecule has 1 aromatic rings. The zero-order valence-corrected chi connectivity index (χ0v) is 14.5. The lowest BCUT2D eigenvalue weighted by atomic mass is 9.82. The summed E-state index contributed by atoms with van der Waals surface area (Å²) in [6, 6.07) is 8.23. The fraction of sp³-hybridized carbons (Fsp3) is 0.562. The summed E-state index contributed by atoms with van der Waals surface area (Å²) in [6.07, 6.45) is 1.45. The van der Waals surface area contributed by atoms with E-state index in [9.17, 15) is 4.79 Å². The molecule has 2 aliphatic heterocycles. The van der Waals surface area contributed by atoms with Crippen LogP contribution in [-0.4, -0.2) is 36.1 Å². The van der Waals surface area contributed by atoms with Gasteiger partial charge in [-0.05, 0) is 42.0 Å². The number of carbonyl (C=O) groups excluding carboxylic acids is 1. The van der Waals surface area contributed by atoms with Crippen LogP contribution in [0.1, 0.15) is 31.4 Å². The van der Waals surface area contributed by atoms with Crippen LogP contribution >= 0.6 is 15.9 Å². The number of fused-ring (bicyclic) bond motifs is 1. The number of halogens is 1. The lowest BCUT2D eigenvalue weighted by Gasteiger charge is -2.48. The molecule has 0 unspecified atom stereocenters. The molecule has 0 N–H and O–H groups in total. The first-order valence-corrected chi connectivity index (χ1v) is 8.62. The number of nitrogens with zero attached hydrogens (tertiary/aromatic N) is 4. The van der Waals surface area contributed by atoms with Crippen LogP contribution in [0.4, 0.5) is 0 Å². The Kier molecular flexibility index (Phi) is 4.90. The predicted molar refractivity (Wildman–Crippen MR) is 89.7 cm³/mol. The van der Waals surface area contributed by atoms with Crippen LogP contribution in [-0.2, 0) is 9.53 Å². The van der Waals surface area contributed by atoms with E-state index in [0.29, 0.717) is 12.5 Å². The summed E-state index contributed by atoms with van der Waals surface area (Å²) >= 11 is 3.53. The second-order valence-corrected chi connectivity index (χ2v) is 7.16. The molecule has 4 atom stereocenters. The van der Waals surface area contributed by atoms with Crippen molar-refractivity contribution < 1.29 is 9.53 Å². The van der Waals surface area contributed by atoms with Gasteiger partial charge >= 0.3 is 5.97 Å². The molecule has 0 amide bonds. The van der Waals surface area contributed by atoms with E-state index < -0.39 is 0 Å². The third-order valence-electron chi connectivity index (χ3n) is 4.70. The van der Waals surface area contributed by atoms with Gasteiger partial charge in [-0.1, -0.05) is 40.1 Å². The number of hydrogen-bond donors (Lipinski definition) is 0. The molecule has 0 aliphatic carbocycles. The van der Waals surface area contributed by atoms with Crippen molar-refractivity contribution in [3.05, 3.63) is 44.7 Å². The Morgan fingerprint density at radius 2 is 2.30 bits per heavy atom. The Morgan fingerprint density at radius 1 is 1.48 bits per heavy atom. The summed E-state index contributed by atoms with van der Waals surface area (Å²) < 4.78 is 6.48. The van der Waals surface area contributed by atoms with Crippen LogP contribution in [0.25, 0.3) is 10.4 Å². The molecule has 1 aromatic carbocycles. The molecule has 2 heterocycles. The van der Waals surface area contributed by atoms with Crippen LogP contribution in [0.3, 0.4) is 0 Å². The van der Waals surface area contributed by atoms with Gasteiger partial charge in [-0.2, -0.15) is 0 Å². The highest BCUT2D eigenvalue weighted by molar-refractivity contribution is 9.10. The average Bonchev–Trinajstić information content (AvgIpc) is 2.52. The second kappa shape index (κ2) is 6.91. The molecule has 7 heteroatoms. The standard InChI is InChI=1S/C16H19BrN4O2/c1-10-5-6-14-16(22)23-13(8-19-20-18)9-21(14)15(10)11-3-2-4-12(17)7-11/h2-4,7,10,13-15H,5-6,8-9H2,1H3/t10-,13-,14-,15-/m0/s1. The molecule has 0 aromatic heterocycles. The molecule has 23 heavy (non-hydrogen) atoms. The van der Waals surface area contributed by atoms with Crippen LogP contribution in [0, 0.1) is 5.92 Å². The van der Waals surface area contributed by atoms with E-state index in [1.165, 1.54) is 5.56 Å². The number of esters is 1. The Balaban J connectivity index is 1.90. The van der Waals surface area contributed by atoms with Crippen molar-refractivity contribution in [2.75, 3.05) is 13.1 Å². The molecule has 0 spiro atoms. The maximum atomic E-state index is 12.3. The summed E-state index contributed by atoms with van der Waals surface area (Å²) in [6.45, 7) is 3.02. The lowest BCUT2D eigenvalue weighted by molar-refractivity contribution is -0.173. The third kappa shape index (κ3) is 3.37. The number of benzene rings is 1. The highest BCUT2D eigenvalue weighted by atomic mass is 79.9. The first-order chi connectivity index (χ1) is 11.1. The summed E-state index contributed by atoms with van der Waals surface area (Å²) in [4.78, 5) is 17.4. The summed E-state index contributed by atoms with van der Waals surface area (Å²) in [5.41, 5.74) is 9.70. The van der Waals surface area contributed by atoms with E-state index in [1.807, 2.05) is 12.1 Å². The SMILES string of the molecule is C[C@H]1CC[C@H]2C(=O)O[C@@H](CN=[N+]=[N-])CN2[C@@H]1c1cccc(Br)c1. The zero-order chi connectivity index (χ0) is 16.4. The number of morpholine rings is 1. The van der Waals surface area contributed by atoms with Crippen molar-refractivity contribution in [3.63, 3.8) is 0 Å². The van der Waals surface area contributed by atoms with E-state index in [0.717, 1.165) is 17.3 Å². The Bertz CT molecular complexity index is 647. The van der Waals surface area contributed by atoms with E-state index in [2.05, 4.69) is 49.9 Å². The highest BCUT2D eigenvalue weighted by Crippen LogP contribution is 2.41. The Labute approximate surface area is 143 Å². The number of cyclic esters (lactones) is 1. The summed E-state index contributed by atoms with van der Waals surface area (Å²) in [5.74, 6) is 0.257. The maximum absolute atomic E-state index is 12.3. The minimum atomic E-state index is -0.366. The van der Waals surface area contributed by atoms with E-state index in [1.54, 1.807) is 0 Å². The molecular formula is C16H19BrN4O2. The average molecular weight is 379 g/mol. The molecule has 0 saturated carbocycles. The van der Waals surface area contributed by atoms with Crippen molar-refractivity contribution in [2.45, 2.75) is 38.0 Å². The monoisotopic (exact) mass is 378 g/mol. The number of azide groups is 1. The van der Waals surface area contributed by atoms with Gasteiger partial charge in [-0.3, -0.25) is 9.69 Å².